The van der Waals surface area contributed by atoms with E-state index in [9.17, 15) is 4.79 Å². The molecular weight excluding hydrogens is 320 g/mol. The first-order chi connectivity index (χ1) is 11.5. The van der Waals surface area contributed by atoms with Crippen molar-refractivity contribution in [2.45, 2.75) is 27.2 Å². The molecule has 0 atom stereocenters. The van der Waals surface area contributed by atoms with Gasteiger partial charge in [-0.3, -0.25) is 10.1 Å². The van der Waals surface area contributed by atoms with Gasteiger partial charge in [0.25, 0.3) is 5.91 Å². The summed E-state index contributed by atoms with van der Waals surface area (Å²) in [4.78, 5) is 12.0. The number of hydrogen-bond acceptors (Lipinski definition) is 3. The fourth-order valence-electron chi connectivity index (χ4n) is 2.27. The molecule has 0 saturated heterocycles. The number of anilines is 1. The first-order valence-electron chi connectivity index (χ1n) is 7.88. The van der Waals surface area contributed by atoms with Crippen LogP contribution < -0.4 is 15.4 Å². The van der Waals surface area contributed by atoms with Gasteiger partial charge >= 0.3 is 0 Å². The van der Waals surface area contributed by atoms with Crippen LogP contribution in [0.25, 0.3) is 0 Å². The molecular formula is C19H22N2O2S. The van der Waals surface area contributed by atoms with Gasteiger partial charge in [-0.1, -0.05) is 37.3 Å². The number of amides is 1. The van der Waals surface area contributed by atoms with E-state index in [-0.39, 0.29) is 17.6 Å². The Kier molecular flexibility index (Phi) is 6.32. The van der Waals surface area contributed by atoms with Gasteiger partial charge in [0.1, 0.15) is 5.75 Å². The monoisotopic (exact) mass is 342 g/mol. The summed E-state index contributed by atoms with van der Waals surface area (Å²) in [5, 5.41) is 5.96. The molecule has 0 aliphatic heterocycles. The molecule has 0 radical (unpaired) electrons. The summed E-state index contributed by atoms with van der Waals surface area (Å²) < 4.78 is 5.58. The van der Waals surface area contributed by atoms with Gasteiger partial charge in [-0.05, 0) is 61.3 Å². The predicted octanol–water partition coefficient (Wildman–Crippen LogP) is 3.76. The van der Waals surface area contributed by atoms with Crippen LogP contribution in [0, 0.1) is 13.8 Å². The molecule has 0 aromatic heterocycles. The average Bonchev–Trinajstić information content (AvgIpc) is 2.56. The second-order valence-electron chi connectivity index (χ2n) is 5.57. The number of rotatable bonds is 5. The zero-order valence-electron chi connectivity index (χ0n) is 14.2. The number of carbonyl (C=O) groups excluding carboxylic acids is 1. The lowest BCUT2D eigenvalue weighted by atomic mass is 10.1. The molecule has 2 aromatic rings. The Labute approximate surface area is 148 Å². The van der Waals surface area contributed by atoms with E-state index in [4.69, 9.17) is 17.0 Å². The number of nitrogens with one attached hydrogen (secondary N) is 2. The van der Waals surface area contributed by atoms with Crippen molar-refractivity contribution >= 4 is 28.9 Å². The molecule has 126 valence electrons. The van der Waals surface area contributed by atoms with Gasteiger partial charge < -0.3 is 10.1 Å². The lowest BCUT2D eigenvalue weighted by Gasteiger charge is -2.13. The molecule has 0 saturated carbocycles. The van der Waals surface area contributed by atoms with E-state index in [1.54, 1.807) is 0 Å². The quantitative estimate of drug-likeness (QED) is 0.813. The SMILES string of the molecule is CCc1ccccc1NC(=S)NC(=O)COc1cc(C)ccc1C. The molecule has 0 unspecified atom stereocenters. The molecule has 24 heavy (non-hydrogen) atoms. The van der Waals surface area contributed by atoms with Gasteiger partial charge in [-0.15, -0.1) is 0 Å². The number of carbonyl (C=O) groups is 1. The van der Waals surface area contributed by atoms with E-state index in [1.165, 1.54) is 0 Å². The molecule has 2 N–H and O–H groups in total. The summed E-state index contributed by atoms with van der Waals surface area (Å²) in [6, 6.07) is 13.7. The number of para-hydroxylation sites is 1. The third-order valence-corrected chi connectivity index (χ3v) is 3.81. The summed E-state index contributed by atoms with van der Waals surface area (Å²) in [5.74, 6) is 0.419. The Balaban J connectivity index is 1.88. The number of thiocarbonyl (C=S) groups is 1. The van der Waals surface area contributed by atoms with Crippen molar-refractivity contribution in [3.63, 3.8) is 0 Å². The summed E-state index contributed by atoms with van der Waals surface area (Å²) in [6.45, 7) is 5.92. The van der Waals surface area contributed by atoms with Crippen LogP contribution in [-0.2, 0) is 11.2 Å². The van der Waals surface area contributed by atoms with Gasteiger partial charge in [-0.2, -0.15) is 0 Å². The zero-order valence-corrected chi connectivity index (χ0v) is 15.0. The van der Waals surface area contributed by atoms with Gasteiger partial charge in [0.2, 0.25) is 0 Å². The molecule has 0 aliphatic rings. The van der Waals surface area contributed by atoms with E-state index in [1.807, 2.05) is 56.3 Å². The molecule has 0 heterocycles. The smallest absolute Gasteiger partial charge is 0.264 e. The molecule has 4 nitrogen and oxygen atoms in total. The topological polar surface area (TPSA) is 50.4 Å². The lowest BCUT2D eigenvalue weighted by Crippen LogP contribution is -2.37. The predicted molar refractivity (Wildman–Crippen MR) is 102 cm³/mol. The molecule has 0 bridgehead atoms. The summed E-state index contributed by atoms with van der Waals surface area (Å²) >= 11 is 5.20. The molecule has 5 heteroatoms. The van der Waals surface area contributed by atoms with Crippen molar-refractivity contribution in [3.8, 4) is 5.75 Å². The van der Waals surface area contributed by atoms with Crippen LogP contribution in [0.15, 0.2) is 42.5 Å². The van der Waals surface area contributed by atoms with Crippen LogP contribution in [0.5, 0.6) is 5.75 Å². The third kappa shape index (κ3) is 5.06. The van der Waals surface area contributed by atoms with Crippen LogP contribution in [0.2, 0.25) is 0 Å². The number of ether oxygens (including phenoxy) is 1. The van der Waals surface area contributed by atoms with Gasteiger partial charge in [0.15, 0.2) is 11.7 Å². The van der Waals surface area contributed by atoms with Crippen molar-refractivity contribution in [2.24, 2.45) is 0 Å². The van der Waals surface area contributed by atoms with Crippen LogP contribution in [0.3, 0.4) is 0 Å². The lowest BCUT2D eigenvalue weighted by molar-refractivity contribution is -0.121. The van der Waals surface area contributed by atoms with Gasteiger partial charge in [-0.25, -0.2) is 0 Å². The highest BCUT2D eigenvalue weighted by atomic mass is 32.1. The molecule has 1 amide bonds. The summed E-state index contributed by atoms with van der Waals surface area (Å²) in [5.41, 5.74) is 4.12. The highest BCUT2D eigenvalue weighted by molar-refractivity contribution is 7.80. The molecule has 2 aromatic carbocycles. The fourth-order valence-corrected chi connectivity index (χ4v) is 2.50. The van der Waals surface area contributed by atoms with E-state index >= 15 is 0 Å². The molecule has 2 rings (SSSR count). The zero-order chi connectivity index (χ0) is 17.5. The number of hydrogen-bond donors (Lipinski definition) is 2. The Morgan fingerprint density at radius 3 is 2.67 bits per heavy atom. The largest absolute Gasteiger partial charge is 0.483 e. The third-order valence-electron chi connectivity index (χ3n) is 3.60. The van der Waals surface area contributed by atoms with Crippen LogP contribution >= 0.6 is 12.2 Å². The first kappa shape index (κ1) is 17.9. The average molecular weight is 342 g/mol. The van der Waals surface area contributed by atoms with Crippen molar-refractivity contribution in [1.29, 1.82) is 0 Å². The normalized spacial score (nSPS) is 10.1. The standard InChI is InChI=1S/C19H22N2O2S/c1-4-15-7-5-6-8-16(15)20-19(24)21-18(22)12-23-17-11-13(2)9-10-14(17)3/h5-11H,4,12H2,1-3H3,(H2,20,21,22,24). The molecule has 0 fully saturated rings. The van der Waals surface area contributed by atoms with Crippen LogP contribution in [0.4, 0.5) is 5.69 Å². The van der Waals surface area contributed by atoms with Crippen molar-refractivity contribution in [3.05, 3.63) is 59.2 Å². The highest BCUT2D eigenvalue weighted by Gasteiger charge is 2.08. The van der Waals surface area contributed by atoms with Gasteiger partial charge in [0.05, 0.1) is 0 Å². The molecule has 0 aliphatic carbocycles. The van der Waals surface area contributed by atoms with E-state index < -0.39 is 0 Å². The van der Waals surface area contributed by atoms with E-state index in [0.717, 1.165) is 28.8 Å². The highest BCUT2D eigenvalue weighted by Crippen LogP contribution is 2.19. The van der Waals surface area contributed by atoms with Crippen LogP contribution in [0.1, 0.15) is 23.6 Å². The summed E-state index contributed by atoms with van der Waals surface area (Å²) in [7, 11) is 0. The Morgan fingerprint density at radius 2 is 1.92 bits per heavy atom. The summed E-state index contributed by atoms with van der Waals surface area (Å²) in [6.07, 6.45) is 0.884. The Hall–Kier alpha value is -2.40. The number of benzene rings is 2. The maximum absolute atomic E-state index is 12.0. The first-order valence-corrected chi connectivity index (χ1v) is 8.29. The Bertz CT molecular complexity index is 744. The maximum Gasteiger partial charge on any atom is 0.264 e. The minimum Gasteiger partial charge on any atom is -0.483 e. The van der Waals surface area contributed by atoms with Crippen molar-refractivity contribution < 1.29 is 9.53 Å². The minimum absolute atomic E-state index is 0.0818. The van der Waals surface area contributed by atoms with Crippen molar-refractivity contribution in [2.75, 3.05) is 11.9 Å². The second-order valence-corrected chi connectivity index (χ2v) is 5.98. The maximum atomic E-state index is 12.0. The fraction of sp³-hybridized carbons (Fsp3) is 0.263. The second kappa shape index (κ2) is 8.45. The number of aryl methyl sites for hydroxylation is 3. The molecule has 0 spiro atoms. The van der Waals surface area contributed by atoms with E-state index in [0.29, 0.717) is 5.75 Å². The van der Waals surface area contributed by atoms with Gasteiger partial charge in [0, 0.05) is 5.69 Å². The van der Waals surface area contributed by atoms with Crippen LogP contribution in [-0.4, -0.2) is 17.6 Å². The van der Waals surface area contributed by atoms with E-state index in [2.05, 4.69) is 17.6 Å². The van der Waals surface area contributed by atoms with Crippen molar-refractivity contribution in [1.82, 2.24) is 5.32 Å². The Morgan fingerprint density at radius 1 is 1.17 bits per heavy atom. The minimum atomic E-state index is -0.289.